The van der Waals surface area contributed by atoms with E-state index in [2.05, 4.69) is 15.1 Å². The first-order valence-corrected chi connectivity index (χ1v) is 5.20. The number of hydrogen-bond acceptors (Lipinski definition) is 4. The SMILES string of the molecule is Oc1ccc(F)cc1-c1nc(-c2ccc[nH]2)no1. The van der Waals surface area contributed by atoms with Crippen molar-refractivity contribution in [2.24, 2.45) is 0 Å². The molecule has 1 aromatic carbocycles. The van der Waals surface area contributed by atoms with Gasteiger partial charge in [0.15, 0.2) is 0 Å². The molecule has 2 heterocycles. The van der Waals surface area contributed by atoms with Crippen LogP contribution in [-0.2, 0) is 0 Å². The van der Waals surface area contributed by atoms with E-state index in [0.29, 0.717) is 11.5 Å². The highest BCUT2D eigenvalue weighted by Gasteiger charge is 2.15. The average Bonchev–Trinajstić information content (AvgIpc) is 3.00. The summed E-state index contributed by atoms with van der Waals surface area (Å²) < 4.78 is 18.1. The molecule has 3 rings (SSSR count). The van der Waals surface area contributed by atoms with Crippen LogP contribution in [0.25, 0.3) is 23.0 Å². The fourth-order valence-electron chi connectivity index (χ4n) is 1.59. The molecule has 0 bridgehead atoms. The van der Waals surface area contributed by atoms with Crippen molar-refractivity contribution in [3.05, 3.63) is 42.3 Å². The van der Waals surface area contributed by atoms with Gasteiger partial charge in [-0.3, -0.25) is 0 Å². The molecule has 3 aromatic rings. The van der Waals surface area contributed by atoms with Crippen molar-refractivity contribution in [3.63, 3.8) is 0 Å². The first-order chi connectivity index (χ1) is 8.74. The Hall–Kier alpha value is -2.63. The van der Waals surface area contributed by atoms with Crippen molar-refractivity contribution >= 4 is 0 Å². The number of H-pyrrole nitrogens is 1. The van der Waals surface area contributed by atoms with E-state index in [1.54, 1.807) is 18.3 Å². The summed E-state index contributed by atoms with van der Waals surface area (Å²) in [7, 11) is 0. The summed E-state index contributed by atoms with van der Waals surface area (Å²) >= 11 is 0. The smallest absolute Gasteiger partial charge is 0.262 e. The number of phenols is 1. The predicted molar refractivity (Wildman–Crippen MR) is 61.1 cm³/mol. The van der Waals surface area contributed by atoms with Gasteiger partial charge in [0.25, 0.3) is 5.89 Å². The van der Waals surface area contributed by atoms with Gasteiger partial charge in [0.2, 0.25) is 5.82 Å². The number of aromatic amines is 1. The highest BCUT2D eigenvalue weighted by atomic mass is 19.1. The van der Waals surface area contributed by atoms with Crippen molar-refractivity contribution in [2.75, 3.05) is 0 Å². The van der Waals surface area contributed by atoms with Crippen molar-refractivity contribution in [3.8, 4) is 28.7 Å². The first kappa shape index (κ1) is 10.5. The van der Waals surface area contributed by atoms with Crippen molar-refractivity contribution < 1.29 is 14.0 Å². The third-order valence-electron chi connectivity index (χ3n) is 2.45. The molecule has 0 aliphatic rings. The molecule has 5 nitrogen and oxygen atoms in total. The quantitative estimate of drug-likeness (QED) is 0.727. The van der Waals surface area contributed by atoms with Crippen molar-refractivity contribution in [1.29, 1.82) is 0 Å². The van der Waals surface area contributed by atoms with Gasteiger partial charge in [-0.1, -0.05) is 5.16 Å². The maximum atomic E-state index is 13.1. The number of benzene rings is 1. The average molecular weight is 245 g/mol. The summed E-state index contributed by atoms with van der Waals surface area (Å²) in [5, 5.41) is 13.4. The molecule has 0 aliphatic heterocycles. The van der Waals surface area contributed by atoms with Crippen LogP contribution in [-0.4, -0.2) is 20.2 Å². The van der Waals surface area contributed by atoms with Crippen LogP contribution >= 0.6 is 0 Å². The molecule has 0 fully saturated rings. The number of nitrogens with one attached hydrogen (secondary N) is 1. The lowest BCUT2D eigenvalue weighted by atomic mass is 10.2. The maximum Gasteiger partial charge on any atom is 0.262 e. The lowest BCUT2D eigenvalue weighted by Gasteiger charge is -1.98. The molecular weight excluding hydrogens is 237 g/mol. The molecule has 0 saturated carbocycles. The molecule has 90 valence electrons. The molecule has 2 N–H and O–H groups in total. The predicted octanol–water partition coefficient (Wildman–Crippen LogP) is 2.58. The molecule has 0 radical (unpaired) electrons. The number of phenolic OH excluding ortho intramolecular Hbond substituents is 1. The van der Waals surface area contributed by atoms with E-state index >= 15 is 0 Å². The number of halogens is 1. The summed E-state index contributed by atoms with van der Waals surface area (Å²) in [6.45, 7) is 0. The molecule has 0 atom stereocenters. The van der Waals surface area contributed by atoms with Crippen LogP contribution in [0.1, 0.15) is 0 Å². The van der Waals surface area contributed by atoms with Gasteiger partial charge >= 0.3 is 0 Å². The normalized spacial score (nSPS) is 10.7. The Morgan fingerprint density at radius 1 is 1.28 bits per heavy atom. The Morgan fingerprint density at radius 3 is 2.94 bits per heavy atom. The summed E-state index contributed by atoms with van der Waals surface area (Å²) in [5.41, 5.74) is 0.848. The zero-order valence-corrected chi connectivity index (χ0v) is 9.09. The zero-order valence-electron chi connectivity index (χ0n) is 9.09. The van der Waals surface area contributed by atoms with E-state index < -0.39 is 5.82 Å². The van der Waals surface area contributed by atoms with Crippen LogP contribution in [0.4, 0.5) is 4.39 Å². The monoisotopic (exact) mass is 245 g/mol. The number of aromatic nitrogens is 3. The maximum absolute atomic E-state index is 13.1. The third-order valence-corrected chi connectivity index (χ3v) is 2.45. The largest absolute Gasteiger partial charge is 0.507 e. The minimum atomic E-state index is -0.484. The first-order valence-electron chi connectivity index (χ1n) is 5.20. The number of nitrogens with zero attached hydrogens (tertiary/aromatic N) is 2. The van der Waals surface area contributed by atoms with Crippen LogP contribution in [0.15, 0.2) is 41.1 Å². The van der Waals surface area contributed by atoms with Gasteiger partial charge in [-0.15, -0.1) is 0 Å². The fraction of sp³-hybridized carbons (Fsp3) is 0. The Balaban J connectivity index is 2.05. The molecule has 0 spiro atoms. The number of aromatic hydroxyl groups is 1. The van der Waals surface area contributed by atoms with Crippen LogP contribution in [0.5, 0.6) is 5.75 Å². The summed E-state index contributed by atoms with van der Waals surface area (Å²) in [6.07, 6.45) is 1.73. The lowest BCUT2D eigenvalue weighted by Crippen LogP contribution is -1.83. The molecular formula is C12H8FN3O2. The lowest BCUT2D eigenvalue weighted by molar-refractivity contribution is 0.425. The van der Waals surface area contributed by atoms with Crippen molar-refractivity contribution in [1.82, 2.24) is 15.1 Å². The van der Waals surface area contributed by atoms with Gasteiger partial charge in [-0.25, -0.2) is 4.39 Å². The van der Waals surface area contributed by atoms with Crippen molar-refractivity contribution in [2.45, 2.75) is 0 Å². The van der Waals surface area contributed by atoms with Gasteiger partial charge < -0.3 is 14.6 Å². The zero-order chi connectivity index (χ0) is 12.5. The minimum absolute atomic E-state index is 0.0663. The number of hydrogen-bond donors (Lipinski definition) is 2. The Bertz CT molecular complexity index is 676. The van der Waals surface area contributed by atoms with E-state index in [4.69, 9.17) is 4.52 Å². The Labute approximate surface area is 101 Å². The molecule has 0 amide bonds. The summed E-state index contributed by atoms with van der Waals surface area (Å²) in [6, 6.07) is 7.11. The molecule has 18 heavy (non-hydrogen) atoms. The molecule has 0 aliphatic carbocycles. The minimum Gasteiger partial charge on any atom is -0.507 e. The molecule has 0 unspecified atom stereocenters. The van der Waals surface area contributed by atoms with E-state index in [0.717, 1.165) is 12.1 Å². The molecule has 6 heteroatoms. The van der Waals surface area contributed by atoms with E-state index in [1.165, 1.54) is 6.07 Å². The van der Waals surface area contributed by atoms with Crippen LogP contribution in [0.2, 0.25) is 0 Å². The summed E-state index contributed by atoms with van der Waals surface area (Å²) in [4.78, 5) is 7.01. The highest BCUT2D eigenvalue weighted by molar-refractivity contribution is 5.63. The van der Waals surface area contributed by atoms with E-state index in [1.807, 2.05) is 0 Å². The van der Waals surface area contributed by atoms with E-state index in [-0.39, 0.29) is 17.2 Å². The van der Waals surface area contributed by atoms with Crippen LogP contribution in [0.3, 0.4) is 0 Å². The molecule has 0 saturated heterocycles. The van der Waals surface area contributed by atoms with E-state index in [9.17, 15) is 9.50 Å². The van der Waals surface area contributed by atoms with Gasteiger partial charge in [0.1, 0.15) is 11.6 Å². The second kappa shape index (κ2) is 3.99. The second-order valence-corrected chi connectivity index (χ2v) is 3.67. The van der Waals surface area contributed by atoms with Gasteiger partial charge in [-0.05, 0) is 30.3 Å². The van der Waals surface area contributed by atoms with Gasteiger partial charge in [-0.2, -0.15) is 4.98 Å². The Kier molecular flexibility index (Phi) is 2.33. The molecule has 2 aromatic heterocycles. The highest BCUT2D eigenvalue weighted by Crippen LogP contribution is 2.29. The summed E-state index contributed by atoms with van der Waals surface area (Å²) in [5.74, 6) is -0.184. The third kappa shape index (κ3) is 1.73. The number of rotatable bonds is 2. The van der Waals surface area contributed by atoms with Crippen LogP contribution in [0, 0.1) is 5.82 Å². The fourth-order valence-corrected chi connectivity index (χ4v) is 1.59. The second-order valence-electron chi connectivity index (χ2n) is 3.67. The standard InChI is InChI=1S/C12H8FN3O2/c13-7-3-4-10(17)8(6-7)12-15-11(16-18-12)9-2-1-5-14-9/h1-6,14,17H. The van der Waals surface area contributed by atoms with Gasteiger partial charge in [0.05, 0.1) is 11.3 Å². The topological polar surface area (TPSA) is 74.9 Å². The Morgan fingerprint density at radius 2 is 2.17 bits per heavy atom. The van der Waals surface area contributed by atoms with Crippen LogP contribution < -0.4 is 0 Å². The van der Waals surface area contributed by atoms with Gasteiger partial charge in [0, 0.05) is 6.20 Å².